The summed E-state index contributed by atoms with van der Waals surface area (Å²) in [5, 5.41) is 3.43. The minimum Gasteiger partial charge on any atom is -0.488 e. The zero-order valence-corrected chi connectivity index (χ0v) is 10.1. The normalized spacial score (nSPS) is 18.6. The van der Waals surface area contributed by atoms with Gasteiger partial charge in [0.05, 0.1) is 0 Å². The molecule has 1 unspecified atom stereocenters. The van der Waals surface area contributed by atoms with Crippen LogP contribution in [0.4, 0.5) is 0 Å². The van der Waals surface area contributed by atoms with E-state index in [1.54, 1.807) is 0 Å². The second-order valence-corrected chi connectivity index (χ2v) is 4.56. The first-order chi connectivity index (χ1) is 7.75. The van der Waals surface area contributed by atoms with Crippen LogP contribution in [0.25, 0.3) is 0 Å². The van der Waals surface area contributed by atoms with Crippen LogP contribution < -0.4 is 10.1 Å². The molecule has 0 bridgehead atoms. The van der Waals surface area contributed by atoms with Crippen LogP contribution in [0.5, 0.6) is 5.75 Å². The van der Waals surface area contributed by atoms with Crippen molar-refractivity contribution < 1.29 is 4.74 Å². The standard InChI is InChI=1S/C13H20N2O/c1-15(2)8-7-14-10-12-9-11-5-3-4-6-13(11)16-12/h3-6,12,14H,7-10H2,1-2H3. The highest BCUT2D eigenvalue weighted by Crippen LogP contribution is 2.27. The maximum absolute atomic E-state index is 5.84. The lowest BCUT2D eigenvalue weighted by Crippen LogP contribution is -2.34. The minimum absolute atomic E-state index is 0.305. The summed E-state index contributed by atoms with van der Waals surface area (Å²) < 4.78 is 5.84. The molecule has 1 heterocycles. The number of para-hydroxylation sites is 1. The van der Waals surface area contributed by atoms with Gasteiger partial charge >= 0.3 is 0 Å². The molecule has 3 heteroatoms. The van der Waals surface area contributed by atoms with E-state index in [1.807, 2.05) is 6.07 Å². The van der Waals surface area contributed by atoms with Gasteiger partial charge in [-0.15, -0.1) is 0 Å². The third kappa shape index (κ3) is 2.97. The van der Waals surface area contributed by atoms with Crippen molar-refractivity contribution in [3.8, 4) is 5.75 Å². The first-order valence-electron chi connectivity index (χ1n) is 5.85. The average Bonchev–Trinajstić information content (AvgIpc) is 2.66. The van der Waals surface area contributed by atoms with E-state index in [9.17, 15) is 0 Å². The molecular formula is C13H20N2O. The third-order valence-corrected chi connectivity index (χ3v) is 2.82. The van der Waals surface area contributed by atoms with Crippen LogP contribution in [0.15, 0.2) is 24.3 Å². The Hall–Kier alpha value is -1.06. The summed E-state index contributed by atoms with van der Waals surface area (Å²) in [5.41, 5.74) is 1.34. The number of ether oxygens (including phenoxy) is 1. The Morgan fingerprint density at radius 3 is 2.94 bits per heavy atom. The van der Waals surface area contributed by atoms with Crippen LogP contribution in [0, 0.1) is 0 Å². The second kappa shape index (κ2) is 5.32. The highest BCUT2D eigenvalue weighted by molar-refractivity contribution is 5.37. The van der Waals surface area contributed by atoms with Crippen LogP contribution in [-0.4, -0.2) is 44.7 Å². The van der Waals surface area contributed by atoms with Crippen molar-refractivity contribution in [2.75, 3.05) is 33.7 Å². The average molecular weight is 220 g/mol. The monoisotopic (exact) mass is 220 g/mol. The van der Waals surface area contributed by atoms with Crippen molar-refractivity contribution in [1.82, 2.24) is 10.2 Å². The van der Waals surface area contributed by atoms with Crippen molar-refractivity contribution in [3.05, 3.63) is 29.8 Å². The highest BCUT2D eigenvalue weighted by atomic mass is 16.5. The van der Waals surface area contributed by atoms with Gasteiger partial charge in [0, 0.05) is 26.1 Å². The first-order valence-corrected chi connectivity index (χ1v) is 5.85. The van der Waals surface area contributed by atoms with E-state index in [0.29, 0.717) is 6.10 Å². The maximum atomic E-state index is 5.84. The van der Waals surface area contributed by atoms with Gasteiger partial charge in [-0.25, -0.2) is 0 Å². The summed E-state index contributed by atoms with van der Waals surface area (Å²) in [5.74, 6) is 1.06. The molecular weight excluding hydrogens is 200 g/mol. The molecule has 16 heavy (non-hydrogen) atoms. The summed E-state index contributed by atoms with van der Waals surface area (Å²) in [6.45, 7) is 3.02. The molecule has 88 valence electrons. The third-order valence-electron chi connectivity index (χ3n) is 2.82. The lowest BCUT2D eigenvalue weighted by Gasteiger charge is -2.14. The van der Waals surface area contributed by atoms with Crippen LogP contribution in [0.2, 0.25) is 0 Å². The van der Waals surface area contributed by atoms with E-state index in [0.717, 1.165) is 31.8 Å². The number of hydrogen-bond donors (Lipinski definition) is 1. The zero-order chi connectivity index (χ0) is 11.4. The van der Waals surface area contributed by atoms with Gasteiger partial charge in [0.1, 0.15) is 11.9 Å². The van der Waals surface area contributed by atoms with E-state index in [-0.39, 0.29) is 0 Å². The Balaban J connectivity index is 1.71. The SMILES string of the molecule is CN(C)CCNCC1Cc2ccccc2O1. The molecule has 0 fully saturated rings. The fourth-order valence-corrected chi connectivity index (χ4v) is 1.93. The number of nitrogens with zero attached hydrogens (tertiary/aromatic N) is 1. The first kappa shape index (κ1) is 11.4. The Bertz CT molecular complexity index is 313. The van der Waals surface area contributed by atoms with E-state index in [2.05, 4.69) is 42.5 Å². The smallest absolute Gasteiger partial charge is 0.123 e. The molecule has 0 radical (unpaired) electrons. The van der Waals surface area contributed by atoms with Crippen molar-refractivity contribution in [2.45, 2.75) is 12.5 Å². The van der Waals surface area contributed by atoms with Crippen molar-refractivity contribution >= 4 is 0 Å². The molecule has 0 aromatic heterocycles. The van der Waals surface area contributed by atoms with Gasteiger partial charge < -0.3 is 15.0 Å². The van der Waals surface area contributed by atoms with E-state index in [1.165, 1.54) is 5.56 Å². The molecule has 1 aromatic carbocycles. The van der Waals surface area contributed by atoms with Crippen molar-refractivity contribution in [1.29, 1.82) is 0 Å². The molecule has 1 aliphatic rings. The molecule has 0 aliphatic carbocycles. The van der Waals surface area contributed by atoms with Gasteiger partial charge in [-0.05, 0) is 25.7 Å². The van der Waals surface area contributed by atoms with Gasteiger partial charge in [0.15, 0.2) is 0 Å². The van der Waals surface area contributed by atoms with Crippen molar-refractivity contribution in [3.63, 3.8) is 0 Å². The van der Waals surface area contributed by atoms with Gasteiger partial charge in [-0.2, -0.15) is 0 Å². The van der Waals surface area contributed by atoms with Crippen LogP contribution in [-0.2, 0) is 6.42 Å². The molecule has 0 saturated heterocycles. The predicted octanol–water partition coefficient (Wildman–Crippen LogP) is 1.14. The number of rotatable bonds is 5. The van der Waals surface area contributed by atoms with Gasteiger partial charge in [0.2, 0.25) is 0 Å². The summed E-state index contributed by atoms with van der Waals surface area (Å²) in [4.78, 5) is 2.18. The summed E-state index contributed by atoms with van der Waals surface area (Å²) >= 11 is 0. The number of hydrogen-bond acceptors (Lipinski definition) is 3. The number of nitrogens with one attached hydrogen (secondary N) is 1. The van der Waals surface area contributed by atoms with Gasteiger partial charge in [-0.3, -0.25) is 0 Å². The molecule has 1 atom stereocenters. The highest BCUT2D eigenvalue weighted by Gasteiger charge is 2.21. The summed E-state index contributed by atoms with van der Waals surface area (Å²) in [7, 11) is 4.17. The molecule has 0 spiro atoms. The Morgan fingerprint density at radius 1 is 1.38 bits per heavy atom. The van der Waals surface area contributed by atoms with E-state index in [4.69, 9.17) is 4.74 Å². The van der Waals surface area contributed by atoms with Crippen LogP contribution in [0.1, 0.15) is 5.56 Å². The minimum atomic E-state index is 0.305. The van der Waals surface area contributed by atoms with E-state index >= 15 is 0 Å². The maximum Gasteiger partial charge on any atom is 0.123 e. The fourth-order valence-electron chi connectivity index (χ4n) is 1.93. The molecule has 0 amide bonds. The largest absolute Gasteiger partial charge is 0.488 e. The second-order valence-electron chi connectivity index (χ2n) is 4.56. The van der Waals surface area contributed by atoms with Crippen LogP contribution >= 0.6 is 0 Å². The topological polar surface area (TPSA) is 24.5 Å². The molecule has 2 rings (SSSR count). The van der Waals surface area contributed by atoms with E-state index < -0.39 is 0 Å². The van der Waals surface area contributed by atoms with Gasteiger partial charge in [0.25, 0.3) is 0 Å². The van der Waals surface area contributed by atoms with Gasteiger partial charge in [-0.1, -0.05) is 18.2 Å². The Kier molecular flexibility index (Phi) is 3.80. The lowest BCUT2D eigenvalue weighted by atomic mass is 10.1. The Labute approximate surface area is 97.4 Å². The summed E-state index contributed by atoms with van der Waals surface area (Å²) in [6.07, 6.45) is 1.34. The molecule has 0 saturated carbocycles. The number of likely N-dealkylation sites (N-methyl/N-ethyl adjacent to an activating group) is 1. The summed E-state index contributed by atoms with van der Waals surface area (Å²) in [6, 6.07) is 8.30. The number of fused-ring (bicyclic) bond motifs is 1. The molecule has 1 N–H and O–H groups in total. The van der Waals surface area contributed by atoms with Crippen LogP contribution in [0.3, 0.4) is 0 Å². The fraction of sp³-hybridized carbons (Fsp3) is 0.538. The zero-order valence-electron chi connectivity index (χ0n) is 10.1. The lowest BCUT2D eigenvalue weighted by molar-refractivity contribution is 0.225. The molecule has 1 aromatic rings. The Morgan fingerprint density at radius 2 is 2.19 bits per heavy atom. The van der Waals surface area contributed by atoms with Crippen molar-refractivity contribution in [2.24, 2.45) is 0 Å². The quantitative estimate of drug-likeness (QED) is 0.753. The molecule has 1 aliphatic heterocycles. The molecule has 3 nitrogen and oxygen atoms in total. The number of benzene rings is 1. The predicted molar refractivity (Wildman–Crippen MR) is 66.0 cm³/mol.